The second-order valence-electron chi connectivity index (χ2n) is 4.17. The highest BCUT2D eigenvalue weighted by molar-refractivity contribution is 5.87. The van der Waals surface area contributed by atoms with Crippen molar-refractivity contribution in [2.75, 3.05) is 13.1 Å². The van der Waals surface area contributed by atoms with Gasteiger partial charge in [0.05, 0.1) is 0 Å². The first-order chi connectivity index (χ1) is 9.81. The van der Waals surface area contributed by atoms with Crippen LogP contribution in [0, 0.1) is 5.82 Å². The van der Waals surface area contributed by atoms with Gasteiger partial charge in [0.15, 0.2) is 17.7 Å². The van der Waals surface area contributed by atoms with Gasteiger partial charge >= 0.3 is 11.9 Å². The van der Waals surface area contributed by atoms with Crippen molar-refractivity contribution in [3.8, 4) is 5.75 Å². The van der Waals surface area contributed by atoms with Crippen molar-refractivity contribution < 1.29 is 33.7 Å². The molecule has 2 N–H and O–H groups in total. The van der Waals surface area contributed by atoms with Crippen LogP contribution in [0.1, 0.15) is 6.92 Å². The Bertz CT molecular complexity index is 531. The average Bonchev–Trinajstić information content (AvgIpc) is 2.38. The lowest BCUT2D eigenvalue weighted by molar-refractivity contribution is -0.152. The molecule has 1 atom stereocenters. The third kappa shape index (κ3) is 5.09. The Morgan fingerprint density at radius 3 is 2.19 bits per heavy atom. The number of carboxylic acid groups (broad SMARTS) is 2. The van der Waals surface area contributed by atoms with Crippen LogP contribution in [0.25, 0.3) is 0 Å². The normalized spacial score (nSPS) is 11.5. The van der Waals surface area contributed by atoms with Crippen LogP contribution in [0.3, 0.4) is 0 Å². The van der Waals surface area contributed by atoms with Crippen LogP contribution >= 0.6 is 0 Å². The average molecular weight is 299 g/mol. The molecular weight excluding hydrogens is 285 g/mol. The van der Waals surface area contributed by atoms with Gasteiger partial charge in [-0.2, -0.15) is 0 Å². The molecule has 0 aromatic heterocycles. The minimum Gasteiger partial charge on any atom is -0.480 e. The third-order valence-electron chi connectivity index (χ3n) is 2.45. The summed E-state index contributed by atoms with van der Waals surface area (Å²) in [6.07, 6.45) is -1.22. The Morgan fingerprint density at radius 2 is 1.71 bits per heavy atom. The summed E-state index contributed by atoms with van der Waals surface area (Å²) in [5, 5.41) is 17.3. The lowest BCUT2D eigenvalue weighted by atomic mass is 10.3. The highest BCUT2D eigenvalue weighted by Gasteiger charge is 2.26. The van der Waals surface area contributed by atoms with Gasteiger partial charge in [0.25, 0.3) is 5.91 Å². The molecule has 7 nitrogen and oxygen atoms in total. The summed E-state index contributed by atoms with van der Waals surface area (Å²) in [4.78, 5) is 33.9. The lowest BCUT2D eigenvalue weighted by Crippen LogP contribution is -2.45. The van der Waals surface area contributed by atoms with Gasteiger partial charge in [-0.05, 0) is 19.1 Å². The first-order valence-electron chi connectivity index (χ1n) is 5.94. The largest absolute Gasteiger partial charge is 0.480 e. The standard InChI is InChI=1S/C13H14FNO6/c1-8(21-10-5-3-2-4-9(10)14)13(20)15(6-11(16)17)7-12(18)19/h2-5,8H,6-7H2,1H3,(H,16,17)(H,18,19). The number of para-hydroxylation sites is 1. The molecule has 1 amide bonds. The Morgan fingerprint density at radius 1 is 1.19 bits per heavy atom. The van der Waals surface area contributed by atoms with Gasteiger partial charge in [0.2, 0.25) is 0 Å². The molecule has 0 fully saturated rings. The summed E-state index contributed by atoms with van der Waals surface area (Å²) in [5.41, 5.74) is 0. The monoisotopic (exact) mass is 299 g/mol. The van der Waals surface area contributed by atoms with Crippen LogP contribution in [0.4, 0.5) is 4.39 Å². The second kappa shape index (κ2) is 7.22. The smallest absolute Gasteiger partial charge is 0.323 e. The van der Waals surface area contributed by atoms with Gasteiger partial charge in [-0.3, -0.25) is 14.4 Å². The molecule has 0 radical (unpaired) electrons. The van der Waals surface area contributed by atoms with Crippen LogP contribution in [-0.4, -0.2) is 52.2 Å². The van der Waals surface area contributed by atoms with Gasteiger partial charge in [0.1, 0.15) is 13.1 Å². The van der Waals surface area contributed by atoms with Crippen LogP contribution < -0.4 is 4.74 Å². The maximum absolute atomic E-state index is 13.4. The molecular formula is C13H14FNO6. The minimum absolute atomic E-state index is 0.177. The van der Waals surface area contributed by atoms with Crippen molar-refractivity contribution in [2.45, 2.75) is 13.0 Å². The van der Waals surface area contributed by atoms with Crippen molar-refractivity contribution in [2.24, 2.45) is 0 Å². The summed E-state index contributed by atoms with van der Waals surface area (Å²) in [6.45, 7) is -0.280. The molecule has 0 bridgehead atoms. The number of carboxylic acids is 2. The molecule has 1 unspecified atom stereocenters. The van der Waals surface area contributed by atoms with E-state index in [1.807, 2.05) is 0 Å². The molecule has 1 aromatic rings. The molecule has 1 aromatic carbocycles. The number of hydrogen-bond acceptors (Lipinski definition) is 4. The van der Waals surface area contributed by atoms with E-state index < -0.39 is 42.9 Å². The molecule has 0 spiro atoms. The minimum atomic E-state index is -1.36. The molecule has 114 valence electrons. The summed E-state index contributed by atoms with van der Waals surface area (Å²) >= 11 is 0. The fraction of sp³-hybridized carbons (Fsp3) is 0.308. The van der Waals surface area contributed by atoms with Crippen LogP contribution in [0.2, 0.25) is 0 Å². The fourth-order valence-electron chi connectivity index (χ4n) is 1.58. The molecule has 0 saturated heterocycles. The highest BCUT2D eigenvalue weighted by Crippen LogP contribution is 2.17. The number of nitrogens with zero attached hydrogens (tertiary/aromatic N) is 1. The first-order valence-corrected chi connectivity index (χ1v) is 5.94. The number of hydrogen-bond donors (Lipinski definition) is 2. The summed E-state index contributed by atoms with van der Waals surface area (Å²) in [5.74, 6) is -4.43. The number of ether oxygens (including phenoxy) is 1. The van der Waals surface area contributed by atoms with E-state index in [0.29, 0.717) is 4.90 Å². The van der Waals surface area contributed by atoms with Crippen LogP contribution in [0.5, 0.6) is 5.75 Å². The predicted octanol–water partition coefficient (Wildman–Crippen LogP) is 0.591. The van der Waals surface area contributed by atoms with Crippen molar-refractivity contribution in [3.63, 3.8) is 0 Å². The van der Waals surface area contributed by atoms with Gasteiger partial charge in [0, 0.05) is 0 Å². The van der Waals surface area contributed by atoms with Gasteiger partial charge < -0.3 is 19.8 Å². The van der Waals surface area contributed by atoms with E-state index in [0.717, 1.165) is 6.07 Å². The van der Waals surface area contributed by atoms with Crippen LogP contribution in [0.15, 0.2) is 24.3 Å². The van der Waals surface area contributed by atoms with E-state index in [4.69, 9.17) is 14.9 Å². The number of aliphatic carboxylic acids is 2. The number of rotatable bonds is 7. The maximum Gasteiger partial charge on any atom is 0.323 e. The number of carbonyl (C=O) groups excluding carboxylic acids is 1. The Kier molecular flexibility index (Phi) is 5.65. The highest BCUT2D eigenvalue weighted by atomic mass is 19.1. The molecule has 21 heavy (non-hydrogen) atoms. The van der Waals surface area contributed by atoms with E-state index in [1.165, 1.54) is 25.1 Å². The maximum atomic E-state index is 13.4. The van der Waals surface area contributed by atoms with Gasteiger partial charge in [-0.1, -0.05) is 12.1 Å². The summed E-state index contributed by atoms with van der Waals surface area (Å²) in [6, 6.07) is 5.38. The van der Waals surface area contributed by atoms with Crippen molar-refractivity contribution in [1.29, 1.82) is 0 Å². The molecule has 0 aliphatic heterocycles. The lowest BCUT2D eigenvalue weighted by Gasteiger charge is -2.23. The number of benzene rings is 1. The van der Waals surface area contributed by atoms with E-state index in [1.54, 1.807) is 0 Å². The Balaban J connectivity index is 2.80. The van der Waals surface area contributed by atoms with E-state index >= 15 is 0 Å². The summed E-state index contributed by atoms with van der Waals surface area (Å²) in [7, 11) is 0. The van der Waals surface area contributed by atoms with Gasteiger partial charge in [-0.15, -0.1) is 0 Å². The third-order valence-corrected chi connectivity index (χ3v) is 2.45. The van der Waals surface area contributed by atoms with Crippen molar-refractivity contribution in [3.05, 3.63) is 30.1 Å². The van der Waals surface area contributed by atoms with E-state index in [-0.39, 0.29) is 5.75 Å². The van der Waals surface area contributed by atoms with Gasteiger partial charge in [-0.25, -0.2) is 4.39 Å². The SMILES string of the molecule is CC(Oc1ccccc1F)C(=O)N(CC(=O)O)CC(=O)O. The molecule has 0 heterocycles. The van der Waals surface area contributed by atoms with Crippen LogP contribution in [-0.2, 0) is 14.4 Å². The van der Waals surface area contributed by atoms with Crippen molar-refractivity contribution in [1.82, 2.24) is 4.90 Å². The Labute approximate surface area is 119 Å². The Hall–Kier alpha value is -2.64. The quantitative estimate of drug-likeness (QED) is 0.763. The molecule has 8 heteroatoms. The zero-order valence-electron chi connectivity index (χ0n) is 11.2. The number of carbonyl (C=O) groups is 3. The predicted molar refractivity (Wildman–Crippen MR) is 68.3 cm³/mol. The van der Waals surface area contributed by atoms with E-state index in [9.17, 15) is 18.8 Å². The fourth-order valence-corrected chi connectivity index (χ4v) is 1.58. The molecule has 0 aliphatic carbocycles. The topological polar surface area (TPSA) is 104 Å². The molecule has 1 rings (SSSR count). The zero-order valence-corrected chi connectivity index (χ0v) is 11.2. The molecule has 0 saturated carbocycles. The van der Waals surface area contributed by atoms with E-state index in [2.05, 4.69) is 0 Å². The number of halogens is 1. The summed E-state index contributed by atoms with van der Waals surface area (Å²) < 4.78 is 18.5. The first kappa shape index (κ1) is 16.4. The second-order valence-corrected chi connectivity index (χ2v) is 4.17. The molecule has 0 aliphatic rings. The number of amides is 1. The zero-order chi connectivity index (χ0) is 16.0. The van der Waals surface area contributed by atoms with Crippen molar-refractivity contribution >= 4 is 17.8 Å².